The summed E-state index contributed by atoms with van der Waals surface area (Å²) in [6.45, 7) is 1.94. The molecule has 0 fully saturated rings. The molecule has 2 aromatic rings. The van der Waals surface area contributed by atoms with Crippen LogP contribution in [0.4, 0.5) is 0 Å². The Kier molecular flexibility index (Phi) is 2.30. The maximum Gasteiger partial charge on any atom is 0.343 e. The van der Waals surface area contributed by atoms with Crippen molar-refractivity contribution in [3.8, 4) is 0 Å². The first-order valence-electron chi connectivity index (χ1n) is 4.43. The van der Waals surface area contributed by atoms with E-state index in [0.717, 1.165) is 5.39 Å². The average Bonchev–Trinajstić information content (AvgIpc) is 2.19. The molecule has 1 aromatic carbocycles. The van der Waals surface area contributed by atoms with Crippen LogP contribution in [-0.2, 0) is 6.42 Å². The Bertz CT molecular complexity index is 528. The minimum absolute atomic E-state index is 0.318. The summed E-state index contributed by atoms with van der Waals surface area (Å²) >= 11 is 5.78. The van der Waals surface area contributed by atoms with Gasteiger partial charge >= 0.3 is 5.63 Å². The molecule has 0 unspecified atom stereocenters. The van der Waals surface area contributed by atoms with Crippen molar-refractivity contribution in [3.05, 3.63) is 45.5 Å². The number of rotatable bonds is 1. The lowest BCUT2D eigenvalue weighted by atomic mass is 10.1. The predicted molar refractivity (Wildman–Crippen MR) is 56.9 cm³/mol. The molecule has 0 bridgehead atoms. The normalized spacial score (nSPS) is 10.7. The standard InChI is InChI=1S/C11H9ClO2/c1-2-9-5-7-3-4-8(12)6-10(7)11(13)14-9/h3-6H,2H2,1H3. The maximum atomic E-state index is 11.5. The largest absolute Gasteiger partial charge is 0.427 e. The first-order valence-corrected chi connectivity index (χ1v) is 4.81. The molecule has 3 heteroatoms. The third-order valence-corrected chi connectivity index (χ3v) is 2.36. The lowest BCUT2D eigenvalue weighted by Crippen LogP contribution is -2.01. The molecule has 0 spiro atoms. The van der Waals surface area contributed by atoms with E-state index in [1.807, 2.05) is 19.1 Å². The second-order valence-corrected chi connectivity index (χ2v) is 3.52. The van der Waals surface area contributed by atoms with Gasteiger partial charge < -0.3 is 4.42 Å². The first kappa shape index (κ1) is 9.28. The van der Waals surface area contributed by atoms with Gasteiger partial charge in [0.15, 0.2) is 0 Å². The summed E-state index contributed by atoms with van der Waals surface area (Å²) in [5.41, 5.74) is -0.318. The first-order chi connectivity index (χ1) is 6.70. The van der Waals surface area contributed by atoms with Crippen molar-refractivity contribution in [1.29, 1.82) is 0 Å². The van der Waals surface area contributed by atoms with Gasteiger partial charge in [0.1, 0.15) is 5.76 Å². The van der Waals surface area contributed by atoms with Crippen LogP contribution in [0.15, 0.2) is 33.5 Å². The molecule has 0 saturated heterocycles. The molecule has 1 heterocycles. The molecule has 0 radical (unpaired) electrons. The maximum absolute atomic E-state index is 11.5. The summed E-state index contributed by atoms with van der Waals surface area (Å²) in [4.78, 5) is 11.5. The highest BCUT2D eigenvalue weighted by Gasteiger charge is 2.03. The number of benzene rings is 1. The minimum atomic E-state index is -0.318. The summed E-state index contributed by atoms with van der Waals surface area (Å²) in [6, 6.07) is 7.09. The van der Waals surface area contributed by atoms with E-state index in [0.29, 0.717) is 22.6 Å². The fourth-order valence-electron chi connectivity index (χ4n) is 1.38. The van der Waals surface area contributed by atoms with Crippen LogP contribution in [0.2, 0.25) is 5.02 Å². The van der Waals surface area contributed by atoms with Crippen molar-refractivity contribution < 1.29 is 4.42 Å². The Morgan fingerprint density at radius 1 is 1.36 bits per heavy atom. The Hall–Kier alpha value is -1.28. The van der Waals surface area contributed by atoms with Gasteiger partial charge in [-0.25, -0.2) is 4.79 Å². The molecule has 2 nitrogen and oxygen atoms in total. The van der Waals surface area contributed by atoms with Gasteiger partial charge in [0, 0.05) is 11.4 Å². The summed E-state index contributed by atoms with van der Waals surface area (Å²) in [5.74, 6) is 0.699. The summed E-state index contributed by atoms with van der Waals surface area (Å²) < 4.78 is 5.08. The van der Waals surface area contributed by atoms with Gasteiger partial charge in [-0.15, -0.1) is 0 Å². The highest BCUT2D eigenvalue weighted by Crippen LogP contribution is 2.17. The second kappa shape index (κ2) is 3.46. The summed E-state index contributed by atoms with van der Waals surface area (Å²) in [6.07, 6.45) is 0.716. The molecule has 0 aliphatic heterocycles. The molecule has 0 aliphatic carbocycles. The van der Waals surface area contributed by atoms with Crippen molar-refractivity contribution in [2.75, 3.05) is 0 Å². The summed E-state index contributed by atoms with van der Waals surface area (Å²) in [5, 5.41) is 1.96. The summed E-state index contributed by atoms with van der Waals surface area (Å²) in [7, 11) is 0. The monoisotopic (exact) mass is 208 g/mol. The number of aryl methyl sites for hydroxylation is 1. The molecule has 2 rings (SSSR count). The highest BCUT2D eigenvalue weighted by molar-refractivity contribution is 6.31. The van der Waals surface area contributed by atoms with Crippen molar-refractivity contribution in [1.82, 2.24) is 0 Å². The van der Waals surface area contributed by atoms with Crippen molar-refractivity contribution in [3.63, 3.8) is 0 Å². The molecule has 0 atom stereocenters. The zero-order chi connectivity index (χ0) is 10.1. The van der Waals surface area contributed by atoms with E-state index in [-0.39, 0.29) is 5.63 Å². The zero-order valence-corrected chi connectivity index (χ0v) is 8.47. The lowest BCUT2D eigenvalue weighted by molar-refractivity contribution is 0.472. The average molecular weight is 209 g/mol. The van der Waals surface area contributed by atoms with Gasteiger partial charge in [-0.3, -0.25) is 0 Å². The fourth-order valence-corrected chi connectivity index (χ4v) is 1.55. The predicted octanol–water partition coefficient (Wildman–Crippen LogP) is 3.01. The highest BCUT2D eigenvalue weighted by atomic mass is 35.5. The van der Waals surface area contributed by atoms with Crippen molar-refractivity contribution in [2.24, 2.45) is 0 Å². The topological polar surface area (TPSA) is 30.2 Å². The molecule has 1 aromatic heterocycles. The number of fused-ring (bicyclic) bond motifs is 1. The van der Waals surface area contributed by atoms with Gasteiger partial charge in [-0.1, -0.05) is 24.6 Å². The van der Waals surface area contributed by atoms with Gasteiger partial charge in [-0.05, 0) is 23.6 Å². The van der Waals surface area contributed by atoms with Gasteiger partial charge in [0.25, 0.3) is 0 Å². The van der Waals surface area contributed by atoms with Crippen LogP contribution in [0, 0.1) is 0 Å². The van der Waals surface area contributed by atoms with Crippen LogP contribution < -0.4 is 5.63 Å². The van der Waals surface area contributed by atoms with Gasteiger partial charge in [0.05, 0.1) is 5.39 Å². The lowest BCUT2D eigenvalue weighted by Gasteiger charge is -1.99. The van der Waals surface area contributed by atoms with Crippen molar-refractivity contribution >= 4 is 22.4 Å². The molecule has 72 valence electrons. The third-order valence-electron chi connectivity index (χ3n) is 2.12. The molecule has 0 saturated carbocycles. The zero-order valence-electron chi connectivity index (χ0n) is 7.71. The smallest absolute Gasteiger partial charge is 0.343 e. The van der Waals surface area contributed by atoms with Crippen LogP contribution in [-0.4, -0.2) is 0 Å². The molecule has 0 aliphatic rings. The van der Waals surface area contributed by atoms with Crippen LogP contribution in [0.3, 0.4) is 0 Å². The second-order valence-electron chi connectivity index (χ2n) is 3.09. The molecular weight excluding hydrogens is 200 g/mol. The van der Waals surface area contributed by atoms with Crippen LogP contribution >= 0.6 is 11.6 Å². The fraction of sp³-hybridized carbons (Fsp3) is 0.182. The van der Waals surface area contributed by atoms with E-state index in [2.05, 4.69) is 0 Å². The Labute approximate surface area is 86.1 Å². The van der Waals surface area contributed by atoms with E-state index in [1.54, 1.807) is 12.1 Å². The van der Waals surface area contributed by atoms with E-state index < -0.39 is 0 Å². The Balaban J connectivity index is 2.83. The van der Waals surface area contributed by atoms with Crippen molar-refractivity contribution in [2.45, 2.75) is 13.3 Å². The van der Waals surface area contributed by atoms with Crippen LogP contribution in [0.1, 0.15) is 12.7 Å². The third kappa shape index (κ3) is 1.53. The number of hydrogen-bond donors (Lipinski definition) is 0. The van der Waals surface area contributed by atoms with Gasteiger partial charge in [0.2, 0.25) is 0 Å². The quantitative estimate of drug-likeness (QED) is 0.721. The number of hydrogen-bond acceptors (Lipinski definition) is 2. The molecule has 0 amide bonds. The van der Waals surface area contributed by atoms with Gasteiger partial charge in [-0.2, -0.15) is 0 Å². The number of halogens is 1. The molecular formula is C11H9ClO2. The van der Waals surface area contributed by atoms with Crippen LogP contribution in [0.5, 0.6) is 0 Å². The Morgan fingerprint density at radius 3 is 2.86 bits per heavy atom. The minimum Gasteiger partial charge on any atom is -0.427 e. The van der Waals surface area contributed by atoms with Crippen LogP contribution in [0.25, 0.3) is 10.8 Å². The SMILES string of the molecule is CCc1cc2ccc(Cl)cc2c(=O)o1. The van der Waals surface area contributed by atoms with E-state index in [9.17, 15) is 4.79 Å². The van der Waals surface area contributed by atoms with E-state index in [4.69, 9.17) is 16.0 Å². The Morgan fingerprint density at radius 2 is 2.14 bits per heavy atom. The molecule has 0 N–H and O–H groups in total. The molecule has 14 heavy (non-hydrogen) atoms. The van der Waals surface area contributed by atoms with E-state index >= 15 is 0 Å². The van der Waals surface area contributed by atoms with E-state index in [1.165, 1.54) is 0 Å².